The van der Waals surface area contributed by atoms with Crippen LogP contribution in [0.2, 0.25) is 0 Å². The fraction of sp³-hybridized carbons (Fsp3) is 0.100. The van der Waals surface area contributed by atoms with E-state index in [1.54, 1.807) is 6.08 Å². The van der Waals surface area contributed by atoms with Crippen molar-refractivity contribution in [2.75, 3.05) is 0 Å². The SMILES string of the molecule is NC(=O)C1=CC=CCC1=C(C(=O)O)C(=O)O. The van der Waals surface area contributed by atoms with Crippen LogP contribution in [0.25, 0.3) is 0 Å². The number of allylic oxidation sites excluding steroid dienone is 3. The van der Waals surface area contributed by atoms with Crippen molar-refractivity contribution >= 4 is 17.8 Å². The Morgan fingerprint density at radius 1 is 1.19 bits per heavy atom. The lowest BCUT2D eigenvalue weighted by atomic mass is 9.92. The molecule has 1 amide bonds. The molecule has 0 fully saturated rings. The number of primary amides is 1. The minimum atomic E-state index is -1.59. The highest BCUT2D eigenvalue weighted by Gasteiger charge is 2.26. The van der Waals surface area contributed by atoms with Crippen molar-refractivity contribution in [2.45, 2.75) is 6.42 Å². The van der Waals surface area contributed by atoms with E-state index in [1.807, 2.05) is 0 Å². The highest BCUT2D eigenvalue weighted by atomic mass is 16.4. The number of hydrogen-bond donors (Lipinski definition) is 3. The lowest BCUT2D eigenvalue weighted by molar-refractivity contribution is -0.140. The van der Waals surface area contributed by atoms with E-state index in [0.29, 0.717) is 0 Å². The molecule has 0 heterocycles. The van der Waals surface area contributed by atoms with Gasteiger partial charge in [0.1, 0.15) is 5.57 Å². The molecule has 16 heavy (non-hydrogen) atoms. The van der Waals surface area contributed by atoms with E-state index in [9.17, 15) is 14.4 Å². The first-order valence-electron chi connectivity index (χ1n) is 4.32. The topological polar surface area (TPSA) is 118 Å². The standard InChI is InChI=1S/C10H9NO5/c11-8(12)6-4-2-1-3-5(6)7(9(13)14)10(15)16/h1-2,4H,3H2,(H2,11,12)(H,13,14)(H,15,16). The number of amides is 1. The molecule has 0 saturated heterocycles. The Labute approximate surface area is 90.4 Å². The van der Waals surface area contributed by atoms with Gasteiger partial charge in [-0.15, -0.1) is 0 Å². The highest BCUT2D eigenvalue weighted by Crippen LogP contribution is 2.23. The second-order valence-electron chi connectivity index (χ2n) is 3.04. The zero-order chi connectivity index (χ0) is 12.3. The molecule has 6 nitrogen and oxygen atoms in total. The Morgan fingerprint density at radius 3 is 2.19 bits per heavy atom. The van der Waals surface area contributed by atoms with Crippen LogP contribution in [0.4, 0.5) is 0 Å². The van der Waals surface area contributed by atoms with Gasteiger partial charge in [-0.25, -0.2) is 9.59 Å². The number of carboxylic acid groups (broad SMARTS) is 2. The summed E-state index contributed by atoms with van der Waals surface area (Å²) in [6, 6.07) is 0. The van der Waals surface area contributed by atoms with Crippen molar-refractivity contribution in [3.8, 4) is 0 Å². The van der Waals surface area contributed by atoms with Crippen LogP contribution in [0.15, 0.2) is 34.9 Å². The fourth-order valence-electron chi connectivity index (χ4n) is 1.38. The zero-order valence-electron chi connectivity index (χ0n) is 8.14. The van der Waals surface area contributed by atoms with Crippen LogP contribution in [-0.2, 0) is 14.4 Å². The van der Waals surface area contributed by atoms with E-state index in [1.165, 1.54) is 12.2 Å². The minimum Gasteiger partial charge on any atom is -0.477 e. The van der Waals surface area contributed by atoms with E-state index in [4.69, 9.17) is 15.9 Å². The second kappa shape index (κ2) is 4.43. The van der Waals surface area contributed by atoms with E-state index in [-0.39, 0.29) is 17.6 Å². The third-order valence-electron chi connectivity index (χ3n) is 2.04. The molecule has 0 saturated carbocycles. The normalized spacial score (nSPS) is 14.2. The predicted octanol–water partition coefficient (Wildman–Crippen LogP) is -0.176. The summed E-state index contributed by atoms with van der Waals surface area (Å²) >= 11 is 0. The van der Waals surface area contributed by atoms with Gasteiger partial charge >= 0.3 is 11.9 Å². The Hall–Kier alpha value is -2.37. The van der Waals surface area contributed by atoms with Gasteiger partial charge in [-0.2, -0.15) is 0 Å². The molecule has 0 aromatic heterocycles. The molecule has 6 heteroatoms. The monoisotopic (exact) mass is 223 g/mol. The van der Waals surface area contributed by atoms with Gasteiger partial charge in [-0.05, 0) is 18.1 Å². The van der Waals surface area contributed by atoms with Crippen molar-refractivity contribution in [2.24, 2.45) is 5.73 Å². The summed E-state index contributed by atoms with van der Waals surface area (Å²) in [7, 11) is 0. The van der Waals surface area contributed by atoms with E-state index in [2.05, 4.69) is 0 Å². The van der Waals surface area contributed by atoms with E-state index in [0.717, 1.165) is 0 Å². The molecule has 0 radical (unpaired) electrons. The molecule has 1 aliphatic carbocycles. The molecule has 1 rings (SSSR count). The van der Waals surface area contributed by atoms with Crippen LogP contribution in [0.3, 0.4) is 0 Å². The largest absolute Gasteiger partial charge is 0.477 e. The zero-order valence-corrected chi connectivity index (χ0v) is 8.14. The van der Waals surface area contributed by atoms with Gasteiger partial charge in [0.05, 0.1) is 0 Å². The van der Waals surface area contributed by atoms with Crippen molar-refractivity contribution in [3.63, 3.8) is 0 Å². The Kier molecular flexibility index (Phi) is 3.24. The maximum absolute atomic E-state index is 11.0. The van der Waals surface area contributed by atoms with Crippen LogP contribution in [0, 0.1) is 0 Å². The quantitative estimate of drug-likeness (QED) is 0.348. The molecule has 0 bridgehead atoms. The number of carbonyl (C=O) groups is 3. The number of hydrogen-bond acceptors (Lipinski definition) is 3. The molecular formula is C10H9NO5. The molecule has 0 aromatic rings. The first kappa shape index (κ1) is 11.7. The first-order valence-corrected chi connectivity index (χ1v) is 4.32. The fourth-order valence-corrected chi connectivity index (χ4v) is 1.38. The van der Waals surface area contributed by atoms with E-state index >= 15 is 0 Å². The summed E-state index contributed by atoms with van der Waals surface area (Å²) in [5.41, 5.74) is 4.05. The number of rotatable bonds is 3. The third-order valence-corrected chi connectivity index (χ3v) is 2.04. The van der Waals surface area contributed by atoms with Crippen molar-refractivity contribution in [3.05, 3.63) is 34.9 Å². The Balaban J connectivity index is 3.39. The summed E-state index contributed by atoms with van der Waals surface area (Å²) in [4.78, 5) is 32.5. The van der Waals surface area contributed by atoms with E-state index < -0.39 is 23.4 Å². The predicted molar refractivity (Wildman–Crippen MR) is 53.3 cm³/mol. The number of nitrogens with two attached hydrogens (primary N) is 1. The number of carbonyl (C=O) groups excluding carboxylic acids is 1. The summed E-state index contributed by atoms with van der Waals surface area (Å²) in [5.74, 6) is -4.03. The highest BCUT2D eigenvalue weighted by molar-refractivity contribution is 6.15. The third kappa shape index (κ3) is 2.17. The lowest BCUT2D eigenvalue weighted by Crippen LogP contribution is -2.22. The van der Waals surface area contributed by atoms with Crippen LogP contribution in [-0.4, -0.2) is 28.1 Å². The van der Waals surface area contributed by atoms with Crippen molar-refractivity contribution in [1.29, 1.82) is 0 Å². The Bertz CT molecular complexity index is 440. The van der Waals surface area contributed by atoms with Gasteiger partial charge in [0.25, 0.3) is 0 Å². The van der Waals surface area contributed by atoms with Crippen LogP contribution in [0.1, 0.15) is 6.42 Å². The average molecular weight is 223 g/mol. The van der Waals surface area contributed by atoms with Gasteiger partial charge in [0.2, 0.25) is 5.91 Å². The van der Waals surface area contributed by atoms with Crippen molar-refractivity contribution in [1.82, 2.24) is 0 Å². The summed E-state index contributed by atoms with van der Waals surface area (Å²) in [5, 5.41) is 17.5. The molecule has 0 unspecified atom stereocenters. The minimum absolute atomic E-state index is 0.0582. The van der Waals surface area contributed by atoms with Gasteiger partial charge in [0, 0.05) is 5.57 Å². The summed E-state index contributed by atoms with van der Waals surface area (Å²) in [6.45, 7) is 0. The molecular weight excluding hydrogens is 214 g/mol. The molecule has 0 atom stereocenters. The second-order valence-corrected chi connectivity index (χ2v) is 3.04. The van der Waals surface area contributed by atoms with Crippen LogP contribution < -0.4 is 5.73 Å². The van der Waals surface area contributed by atoms with Gasteiger partial charge in [0.15, 0.2) is 0 Å². The molecule has 0 aliphatic heterocycles. The van der Waals surface area contributed by atoms with Crippen molar-refractivity contribution < 1.29 is 24.6 Å². The first-order chi connectivity index (χ1) is 7.45. The lowest BCUT2D eigenvalue weighted by Gasteiger charge is -2.12. The summed E-state index contributed by atoms with van der Waals surface area (Å²) < 4.78 is 0. The van der Waals surface area contributed by atoms with Crippen LogP contribution >= 0.6 is 0 Å². The Morgan fingerprint density at radius 2 is 1.75 bits per heavy atom. The average Bonchev–Trinajstić information content (AvgIpc) is 2.17. The molecule has 0 spiro atoms. The molecule has 1 aliphatic rings. The number of aliphatic carboxylic acids is 2. The molecule has 84 valence electrons. The van der Waals surface area contributed by atoms with Gasteiger partial charge in [-0.1, -0.05) is 12.2 Å². The smallest absolute Gasteiger partial charge is 0.343 e. The van der Waals surface area contributed by atoms with Crippen LogP contribution in [0.5, 0.6) is 0 Å². The summed E-state index contributed by atoms with van der Waals surface area (Å²) in [6.07, 6.45) is 4.42. The van der Waals surface area contributed by atoms with Gasteiger partial charge < -0.3 is 15.9 Å². The maximum Gasteiger partial charge on any atom is 0.343 e. The molecule has 4 N–H and O–H groups in total. The maximum atomic E-state index is 11.0. The number of carboxylic acids is 2. The molecule has 0 aromatic carbocycles. The van der Waals surface area contributed by atoms with Gasteiger partial charge in [-0.3, -0.25) is 4.79 Å².